The molecule has 1 nitrogen and oxygen atoms in total. The van der Waals surface area contributed by atoms with Gasteiger partial charge >= 0.3 is 0 Å². The van der Waals surface area contributed by atoms with Crippen molar-refractivity contribution in [2.24, 2.45) is 5.92 Å². The lowest BCUT2D eigenvalue weighted by Crippen LogP contribution is -2.59. The van der Waals surface area contributed by atoms with Crippen molar-refractivity contribution in [3.63, 3.8) is 0 Å². The highest BCUT2D eigenvalue weighted by Crippen LogP contribution is 2.46. The Morgan fingerprint density at radius 3 is 2.21 bits per heavy atom. The van der Waals surface area contributed by atoms with Crippen molar-refractivity contribution >= 4 is 0 Å². The summed E-state index contributed by atoms with van der Waals surface area (Å²) in [6.07, 6.45) is 9.66. The third kappa shape index (κ3) is 3.15. The molecule has 24 heavy (non-hydrogen) atoms. The fraction of sp³-hybridized carbons (Fsp3) is 0.478. The van der Waals surface area contributed by atoms with Gasteiger partial charge < -0.3 is 0 Å². The Labute approximate surface area is 146 Å². The van der Waals surface area contributed by atoms with Crippen molar-refractivity contribution in [2.75, 3.05) is 6.54 Å². The molecular weight excluding hydrogens is 290 g/mol. The molecule has 2 aromatic rings. The van der Waals surface area contributed by atoms with Crippen LogP contribution in [0, 0.1) is 5.92 Å². The zero-order valence-electron chi connectivity index (χ0n) is 14.7. The number of benzene rings is 2. The number of piperidine rings is 1. The van der Waals surface area contributed by atoms with E-state index in [4.69, 9.17) is 0 Å². The standard InChI is InChI=1S/C23H29N/c1-3-10-20(11-4-1)18-23-16-8-7-14-22(23)15-9-17-24(23)19-21-12-5-2-6-13-21/h1-6,10-13,22H,7-9,14-19H2/t22-,23-/m1/s1. The SMILES string of the molecule is c1ccc(CN2CCC[C@H]3CCCC[C@@]32Cc2ccccc2)cc1. The van der Waals surface area contributed by atoms with Crippen LogP contribution in [0.1, 0.15) is 49.7 Å². The molecule has 1 heterocycles. The van der Waals surface area contributed by atoms with Crippen LogP contribution in [0.3, 0.4) is 0 Å². The Morgan fingerprint density at radius 2 is 1.46 bits per heavy atom. The van der Waals surface area contributed by atoms with Crippen molar-refractivity contribution < 1.29 is 0 Å². The van der Waals surface area contributed by atoms with Gasteiger partial charge in [0.15, 0.2) is 0 Å². The fourth-order valence-corrected chi connectivity index (χ4v) is 5.21. The molecule has 0 amide bonds. The van der Waals surface area contributed by atoms with E-state index < -0.39 is 0 Å². The lowest BCUT2D eigenvalue weighted by Gasteiger charge is -2.55. The number of likely N-dealkylation sites (tertiary alicyclic amines) is 1. The second-order valence-electron chi connectivity index (χ2n) is 7.76. The van der Waals surface area contributed by atoms with E-state index in [0.717, 1.165) is 12.5 Å². The Hall–Kier alpha value is -1.60. The minimum atomic E-state index is 0.383. The van der Waals surface area contributed by atoms with Gasteiger partial charge in [0.05, 0.1) is 0 Å². The normalized spacial score (nSPS) is 27.6. The second kappa shape index (κ2) is 7.11. The van der Waals surface area contributed by atoms with Gasteiger partial charge in [-0.1, -0.05) is 73.5 Å². The highest BCUT2D eigenvalue weighted by molar-refractivity contribution is 5.21. The van der Waals surface area contributed by atoms with Gasteiger partial charge in [-0.25, -0.2) is 0 Å². The third-order valence-corrected chi connectivity index (χ3v) is 6.35. The van der Waals surface area contributed by atoms with Gasteiger partial charge in [0, 0.05) is 12.1 Å². The Kier molecular flexibility index (Phi) is 4.71. The number of nitrogens with zero attached hydrogens (tertiary/aromatic N) is 1. The average Bonchev–Trinajstić information content (AvgIpc) is 2.64. The smallest absolute Gasteiger partial charge is 0.0281 e. The Bertz CT molecular complexity index is 634. The first-order valence-electron chi connectivity index (χ1n) is 9.70. The maximum Gasteiger partial charge on any atom is 0.0281 e. The summed E-state index contributed by atoms with van der Waals surface area (Å²) in [6, 6.07) is 22.3. The van der Waals surface area contributed by atoms with Crippen molar-refractivity contribution in [2.45, 2.75) is 57.0 Å². The molecule has 1 aliphatic carbocycles. The zero-order chi connectivity index (χ0) is 16.2. The van der Waals surface area contributed by atoms with Crippen LogP contribution < -0.4 is 0 Å². The second-order valence-corrected chi connectivity index (χ2v) is 7.76. The van der Waals surface area contributed by atoms with E-state index in [1.807, 2.05) is 0 Å². The van der Waals surface area contributed by atoms with Crippen LogP contribution in [0.25, 0.3) is 0 Å². The summed E-state index contributed by atoms with van der Waals surface area (Å²) in [5.41, 5.74) is 3.37. The molecule has 1 heteroatoms. The predicted octanol–water partition coefficient (Wildman–Crippen LogP) is 5.45. The number of fused-ring (bicyclic) bond motifs is 1. The highest BCUT2D eigenvalue weighted by Gasteiger charge is 2.46. The quantitative estimate of drug-likeness (QED) is 0.724. The molecule has 0 aromatic heterocycles. The molecule has 0 radical (unpaired) electrons. The Balaban J connectivity index is 1.64. The van der Waals surface area contributed by atoms with Crippen LogP contribution in [0.4, 0.5) is 0 Å². The van der Waals surface area contributed by atoms with Crippen molar-refractivity contribution in [1.29, 1.82) is 0 Å². The molecule has 2 aromatic carbocycles. The first-order chi connectivity index (χ1) is 11.9. The zero-order valence-corrected chi connectivity index (χ0v) is 14.7. The van der Waals surface area contributed by atoms with E-state index in [1.165, 1.54) is 62.6 Å². The molecule has 0 unspecified atom stereocenters. The third-order valence-electron chi connectivity index (χ3n) is 6.35. The van der Waals surface area contributed by atoms with Gasteiger partial charge in [-0.15, -0.1) is 0 Å². The van der Waals surface area contributed by atoms with Gasteiger partial charge in [0.25, 0.3) is 0 Å². The largest absolute Gasteiger partial charge is 0.293 e. The van der Waals surface area contributed by atoms with Gasteiger partial charge in [-0.2, -0.15) is 0 Å². The summed E-state index contributed by atoms with van der Waals surface area (Å²) in [6.45, 7) is 2.38. The molecule has 0 spiro atoms. The van der Waals surface area contributed by atoms with E-state index >= 15 is 0 Å². The van der Waals surface area contributed by atoms with Crippen LogP contribution in [-0.4, -0.2) is 17.0 Å². The molecule has 0 N–H and O–H groups in total. The Morgan fingerprint density at radius 1 is 0.792 bits per heavy atom. The van der Waals surface area contributed by atoms with Gasteiger partial charge in [0.1, 0.15) is 0 Å². The molecule has 2 aliphatic rings. The van der Waals surface area contributed by atoms with Crippen molar-refractivity contribution in [3.05, 3.63) is 71.8 Å². The summed E-state index contributed by atoms with van der Waals surface area (Å²) in [4.78, 5) is 2.85. The van der Waals surface area contributed by atoms with E-state index in [0.29, 0.717) is 5.54 Å². The van der Waals surface area contributed by atoms with E-state index in [2.05, 4.69) is 65.6 Å². The van der Waals surface area contributed by atoms with Crippen molar-refractivity contribution in [3.8, 4) is 0 Å². The summed E-state index contributed by atoms with van der Waals surface area (Å²) < 4.78 is 0. The number of hydrogen-bond donors (Lipinski definition) is 0. The molecule has 2 atom stereocenters. The first-order valence-corrected chi connectivity index (χ1v) is 9.70. The first kappa shape index (κ1) is 15.9. The highest BCUT2D eigenvalue weighted by atomic mass is 15.2. The van der Waals surface area contributed by atoms with Crippen LogP contribution in [0.5, 0.6) is 0 Å². The van der Waals surface area contributed by atoms with Crippen molar-refractivity contribution in [1.82, 2.24) is 4.90 Å². The molecule has 126 valence electrons. The molecule has 1 aliphatic heterocycles. The average molecular weight is 319 g/mol. The molecule has 1 saturated carbocycles. The number of rotatable bonds is 4. The van der Waals surface area contributed by atoms with Gasteiger partial charge in [-0.3, -0.25) is 4.90 Å². The van der Waals surface area contributed by atoms with E-state index in [1.54, 1.807) is 0 Å². The summed E-state index contributed by atoms with van der Waals surface area (Å²) in [7, 11) is 0. The summed E-state index contributed by atoms with van der Waals surface area (Å²) >= 11 is 0. The number of hydrogen-bond acceptors (Lipinski definition) is 1. The van der Waals surface area contributed by atoms with Crippen LogP contribution in [0.2, 0.25) is 0 Å². The van der Waals surface area contributed by atoms with Gasteiger partial charge in [0.2, 0.25) is 0 Å². The summed E-state index contributed by atoms with van der Waals surface area (Å²) in [5, 5.41) is 0. The maximum atomic E-state index is 2.85. The topological polar surface area (TPSA) is 3.24 Å². The molecule has 1 saturated heterocycles. The van der Waals surface area contributed by atoms with E-state index in [-0.39, 0.29) is 0 Å². The lowest BCUT2D eigenvalue weighted by molar-refractivity contribution is -0.0403. The molecule has 4 rings (SSSR count). The monoisotopic (exact) mass is 319 g/mol. The minimum absolute atomic E-state index is 0.383. The lowest BCUT2D eigenvalue weighted by atomic mass is 9.65. The van der Waals surface area contributed by atoms with Gasteiger partial charge in [-0.05, 0) is 55.7 Å². The molecular formula is C23H29N. The van der Waals surface area contributed by atoms with E-state index in [9.17, 15) is 0 Å². The summed E-state index contributed by atoms with van der Waals surface area (Å²) in [5.74, 6) is 0.879. The van der Waals surface area contributed by atoms with Crippen LogP contribution in [-0.2, 0) is 13.0 Å². The van der Waals surface area contributed by atoms with Crippen LogP contribution >= 0.6 is 0 Å². The molecule has 0 bridgehead atoms. The minimum Gasteiger partial charge on any atom is -0.293 e. The van der Waals surface area contributed by atoms with Crippen LogP contribution in [0.15, 0.2) is 60.7 Å². The fourth-order valence-electron chi connectivity index (χ4n) is 5.21. The maximum absolute atomic E-state index is 2.85. The predicted molar refractivity (Wildman–Crippen MR) is 101 cm³/mol. The molecule has 2 fully saturated rings.